The summed E-state index contributed by atoms with van der Waals surface area (Å²) in [6.07, 6.45) is 0.844. The number of rotatable bonds is 2. The third kappa shape index (κ3) is 2.57. The molecule has 15 heavy (non-hydrogen) atoms. The van der Waals surface area contributed by atoms with Crippen molar-refractivity contribution in [2.75, 3.05) is 7.11 Å². The summed E-state index contributed by atoms with van der Waals surface area (Å²) in [5.41, 5.74) is -1.02. The number of halogens is 1. The van der Waals surface area contributed by atoms with E-state index in [2.05, 4.69) is 9.72 Å². The van der Waals surface area contributed by atoms with E-state index in [1.807, 2.05) is 0 Å². The number of carbonyl (C=O) groups is 1. The number of carbonyl (C=O) groups excluding carboxylic acids is 1. The first-order chi connectivity index (χ1) is 6.86. The van der Waals surface area contributed by atoms with Crippen LogP contribution in [-0.4, -0.2) is 26.5 Å². The standard InChI is InChI=1S/C7H6ClNO5S/c1-14-7(11)4-2-6(10)9-3-5(4)15(8,12)13/h2-3H,1H3,(H,9,10). The average Bonchev–Trinajstić information content (AvgIpc) is 2.14. The van der Waals surface area contributed by atoms with Gasteiger partial charge in [-0.1, -0.05) is 0 Å². The molecule has 0 bridgehead atoms. The maximum absolute atomic E-state index is 11.1. The molecule has 0 atom stereocenters. The van der Waals surface area contributed by atoms with Crippen molar-refractivity contribution in [1.29, 1.82) is 0 Å². The fourth-order valence-electron chi connectivity index (χ4n) is 0.930. The monoisotopic (exact) mass is 251 g/mol. The zero-order valence-corrected chi connectivity index (χ0v) is 9.05. The largest absolute Gasteiger partial charge is 0.465 e. The molecule has 0 saturated carbocycles. The molecule has 0 saturated heterocycles. The van der Waals surface area contributed by atoms with Gasteiger partial charge in [0, 0.05) is 22.9 Å². The molecule has 0 aliphatic heterocycles. The number of aromatic amines is 1. The van der Waals surface area contributed by atoms with Gasteiger partial charge in [-0.05, 0) is 0 Å². The second-order valence-corrected chi connectivity index (χ2v) is 5.04. The first-order valence-electron chi connectivity index (χ1n) is 3.62. The molecule has 0 fully saturated rings. The van der Waals surface area contributed by atoms with Crippen molar-refractivity contribution < 1.29 is 17.9 Å². The van der Waals surface area contributed by atoms with Gasteiger partial charge in [-0.3, -0.25) is 4.79 Å². The normalized spacial score (nSPS) is 11.1. The van der Waals surface area contributed by atoms with E-state index in [1.54, 1.807) is 0 Å². The second-order valence-electron chi connectivity index (χ2n) is 2.50. The van der Waals surface area contributed by atoms with Crippen LogP contribution in [0.2, 0.25) is 0 Å². The smallest absolute Gasteiger partial charge is 0.339 e. The molecule has 0 radical (unpaired) electrons. The Balaban J connectivity index is 3.54. The molecule has 8 heteroatoms. The van der Waals surface area contributed by atoms with E-state index < -0.39 is 31.0 Å². The van der Waals surface area contributed by atoms with Crippen molar-refractivity contribution in [2.24, 2.45) is 0 Å². The van der Waals surface area contributed by atoms with Crippen molar-refractivity contribution in [3.63, 3.8) is 0 Å². The van der Waals surface area contributed by atoms with E-state index in [-0.39, 0.29) is 0 Å². The average molecular weight is 252 g/mol. The van der Waals surface area contributed by atoms with Crippen LogP contribution in [0.5, 0.6) is 0 Å². The molecule has 6 nitrogen and oxygen atoms in total. The van der Waals surface area contributed by atoms with Gasteiger partial charge in [0.15, 0.2) is 0 Å². The van der Waals surface area contributed by atoms with E-state index in [0.29, 0.717) is 0 Å². The molecular formula is C7H6ClNO5S. The predicted molar refractivity (Wildman–Crippen MR) is 51.4 cm³/mol. The lowest BCUT2D eigenvalue weighted by Gasteiger charge is -2.02. The number of methoxy groups -OCH3 is 1. The Morgan fingerprint density at radius 1 is 1.53 bits per heavy atom. The van der Waals surface area contributed by atoms with Crippen LogP contribution >= 0.6 is 10.7 Å². The molecule has 0 aliphatic carbocycles. The lowest BCUT2D eigenvalue weighted by Crippen LogP contribution is -2.14. The molecule has 1 N–H and O–H groups in total. The van der Waals surface area contributed by atoms with Crippen LogP contribution in [0.3, 0.4) is 0 Å². The Labute approximate surface area is 89.2 Å². The number of ether oxygens (including phenoxy) is 1. The maximum Gasteiger partial charge on any atom is 0.339 e. The van der Waals surface area contributed by atoms with Crippen molar-refractivity contribution in [2.45, 2.75) is 4.90 Å². The summed E-state index contributed by atoms with van der Waals surface area (Å²) in [4.78, 5) is 23.6. The Morgan fingerprint density at radius 2 is 2.13 bits per heavy atom. The van der Waals surface area contributed by atoms with E-state index in [4.69, 9.17) is 10.7 Å². The summed E-state index contributed by atoms with van der Waals surface area (Å²) in [6.45, 7) is 0. The molecule has 82 valence electrons. The molecule has 1 heterocycles. The van der Waals surface area contributed by atoms with Crippen molar-refractivity contribution in [3.8, 4) is 0 Å². The Hall–Kier alpha value is -1.34. The molecule has 1 rings (SSSR count). The van der Waals surface area contributed by atoms with Crippen LogP contribution in [0.4, 0.5) is 0 Å². The van der Waals surface area contributed by atoms with Gasteiger partial charge in [-0.15, -0.1) is 0 Å². The zero-order valence-electron chi connectivity index (χ0n) is 7.48. The molecular weight excluding hydrogens is 246 g/mol. The summed E-state index contributed by atoms with van der Waals surface area (Å²) in [5, 5.41) is 0. The highest BCUT2D eigenvalue weighted by Gasteiger charge is 2.21. The minimum atomic E-state index is -4.10. The highest BCUT2D eigenvalue weighted by Crippen LogP contribution is 2.17. The van der Waals surface area contributed by atoms with Gasteiger partial charge in [0.1, 0.15) is 4.90 Å². The number of pyridine rings is 1. The third-order valence-corrected chi connectivity index (χ3v) is 2.92. The molecule has 0 aliphatic rings. The summed E-state index contributed by atoms with van der Waals surface area (Å²) >= 11 is 0. The van der Waals surface area contributed by atoms with Gasteiger partial charge >= 0.3 is 5.97 Å². The van der Waals surface area contributed by atoms with Gasteiger partial charge < -0.3 is 9.72 Å². The van der Waals surface area contributed by atoms with E-state index in [1.165, 1.54) is 0 Å². The van der Waals surface area contributed by atoms with E-state index in [9.17, 15) is 18.0 Å². The van der Waals surface area contributed by atoms with Crippen LogP contribution in [0.15, 0.2) is 22.0 Å². The van der Waals surface area contributed by atoms with Crippen LogP contribution in [0.1, 0.15) is 10.4 Å². The fourth-order valence-corrected chi connectivity index (χ4v) is 1.92. The minimum Gasteiger partial charge on any atom is -0.465 e. The minimum absolute atomic E-state index is 0.392. The lowest BCUT2D eigenvalue weighted by molar-refractivity contribution is 0.0596. The molecule has 1 aromatic heterocycles. The summed E-state index contributed by atoms with van der Waals surface area (Å²) < 4.78 is 26.4. The first kappa shape index (κ1) is 11.7. The number of nitrogens with one attached hydrogen (secondary N) is 1. The van der Waals surface area contributed by atoms with Crippen LogP contribution in [-0.2, 0) is 13.8 Å². The SMILES string of the molecule is COC(=O)c1cc(=O)[nH]cc1S(=O)(=O)Cl. The summed E-state index contributed by atoms with van der Waals surface area (Å²) in [7, 11) is 2.02. The van der Waals surface area contributed by atoms with Crippen molar-refractivity contribution in [3.05, 3.63) is 28.2 Å². The highest BCUT2D eigenvalue weighted by molar-refractivity contribution is 8.13. The Morgan fingerprint density at radius 3 is 2.60 bits per heavy atom. The number of hydrogen-bond donors (Lipinski definition) is 1. The molecule has 0 spiro atoms. The Kier molecular flexibility index (Phi) is 3.15. The topological polar surface area (TPSA) is 93.3 Å². The Bertz CT molecular complexity index is 547. The summed E-state index contributed by atoms with van der Waals surface area (Å²) in [5.74, 6) is -0.944. The van der Waals surface area contributed by atoms with E-state index in [0.717, 1.165) is 19.4 Å². The highest BCUT2D eigenvalue weighted by atomic mass is 35.7. The van der Waals surface area contributed by atoms with Gasteiger partial charge in [0.25, 0.3) is 9.05 Å². The van der Waals surface area contributed by atoms with Crippen LogP contribution < -0.4 is 5.56 Å². The van der Waals surface area contributed by atoms with Gasteiger partial charge in [-0.2, -0.15) is 0 Å². The van der Waals surface area contributed by atoms with Crippen LogP contribution in [0.25, 0.3) is 0 Å². The zero-order chi connectivity index (χ0) is 11.6. The number of aromatic nitrogens is 1. The van der Waals surface area contributed by atoms with Gasteiger partial charge in [-0.25, -0.2) is 13.2 Å². The van der Waals surface area contributed by atoms with Crippen molar-refractivity contribution in [1.82, 2.24) is 4.98 Å². The third-order valence-electron chi connectivity index (χ3n) is 1.55. The predicted octanol–water partition coefficient (Wildman–Crippen LogP) is 0.0890. The lowest BCUT2D eigenvalue weighted by atomic mass is 10.3. The molecule has 0 unspecified atom stereocenters. The number of esters is 1. The maximum atomic E-state index is 11.1. The van der Waals surface area contributed by atoms with Crippen LogP contribution in [0, 0.1) is 0 Å². The quantitative estimate of drug-likeness (QED) is 0.594. The molecule has 1 aromatic rings. The molecule has 0 aromatic carbocycles. The number of H-pyrrole nitrogens is 1. The van der Waals surface area contributed by atoms with Gasteiger partial charge in [0.2, 0.25) is 5.56 Å². The fraction of sp³-hybridized carbons (Fsp3) is 0.143. The second kappa shape index (κ2) is 4.03. The van der Waals surface area contributed by atoms with Crippen molar-refractivity contribution >= 4 is 25.7 Å². The summed E-state index contributed by atoms with van der Waals surface area (Å²) in [6, 6.07) is 0.807. The number of hydrogen-bond acceptors (Lipinski definition) is 5. The molecule has 0 amide bonds. The van der Waals surface area contributed by atoms with Gasteiger partial charge in [0.05, 0.1) is 12.7 Å². The van der Waals surface area contributed by atoms with E-state index >= 15 is 0 Å². The first-order valence-corrected chi connectivity index (χ1v) is 5.93.